The lowest BCUT2D eigenvalue weighted by Crippen LogP contribution is -2.28. The second kappa shape index (κ2) is 13.9. The van der Waals surface area contributed by atoms with Crippen molar-refractivity contribution in [3.05, 3.63) is 221 Å². The molecule has 0 radical (unpaired) electrons. The monoisotopic (exact) mass is 817 g/mol. The molecule has 3 heterocycles. The Bertz CT molecular complexity index is 3140. The van der Waals surface area contributed by atoms with Crippen molar-refractivity contribution in [2.24, 2.45) is 5.92 Å². The van der Waals surface area contributed by atoms with Gasteiger partial charge in [-0.05, 0) is 93.9 Å². The van der Waals surface area contributed by atoms with Crippen LogP contribution in [0.4, 0.5) is 0 Å². The Labute approximate surface area is 366 Å². The number of fused-ring (bicyclic) bond motifs is 12. The summed E-state index contributed by atoms with van der Waals surface area (Å²) in [5.74, 6) is 3.57. The van der Waals surface area contributed by atoms with Gasteiger partial charge in [-0.25, -0.2) is 15.0 Å². The molecule has 7 aliphatic rings. The van der Waals surface area contributed by atoms with Crippen LogP contribution in [0.5, 0.6) is 5.75 Å². The van der Waals surface area contributed by atoms with E-state index in [1.54, 1.807) is 0 Å². The van der Waals surface area contributed by atoms with E-state index in [0.717, 1.165) is 65.6 Å². The van der Waals surface area contributed by atoms with Crippen LogP contribution >= 0.6 is 11.3 Å². The van der Waals surface area contributed by atoms with E-state index < -0.39 is 5.41 Å². The molecule has 298 valence electrons. The lowest BCUT2D eigenvalue weighted by molar-refractivity contribution is 0.269. The summed E-state index contributed by atoms with van der Waals surface area (Å²) in [5.41, 5.74) is 16.4. The van der Waals surface area contributed by atoms with Gasteiger partial charge in [-0.3, -0.25) is 0 Å². The number of thiophene rings is 1. The van der Waals surface area contributed by atoms with Crippen LogP contribution in [-0.2, 0) is 5.41 Å². The lowest BCUT2D eigenvalue weighted by atomic mass is 9.67. The molecule has 0 saturated heterocycles. The summed E-state index contributed by atoms with van der Waals surface area (Å²) < 4.78 is 6.52. The summed E-state index contributed by atoms with van der Waals surface area (Å²) in [5, 5.41) is 0. The minimum absolute atomic E-state index is 0.0306. The van der Waals surface area contributed by atoms with Gasteiger partial charge < -0.3 is 4.74 Å². The maximum absolute atomic E-state index is 6.52. The molecule has 4 nitrogen and oxygen atoms in total. The first-order valence-corrected chi connectivity index (χ1v) is 23.0. The molecule has 0 saturated carbocycles. The van der Waals surface area contributed by atoms with E-state index in [1.807, 2.05) is 11.3 Å². The molecule has 4 aromatic carbocycles. The fourth-order valence-corrected chi connectivity index (χ4v) is 12.9. The van der Waals surface area contributed by atoms with E-state index in [9.17, 15) is 0 Å². The van der Waals surface area contributed by atoms with Crippen LogP contribution in [0.2, 0.25) is 0 Å². The average Bonchev–Trinajstić information content (AvgIpc) is 4.08. The largest absolute Gasteiger partial charge is 0.485 e. The Hall–Kier alpha value is -6.69. The van der Waals surface area contributed by atoms with Crippen LogP contribution in [0.25, 0.3) is 49.0 Å². The molecule has 5 unspecified atom stereocenters. The van der Waals surface area contributed by atoms with Gasteiger partial charge in [0.2, 0.25) is 0 Å². The zero-order chi connectivity index (χ0) is 40.9. The second-order valence-corrected chi connectivity index (χ2v) is 18.5. The van der Waals surface area contributed by atoms with Crippen LogP contribution in [0.1, 0.15) is 72.8 Å². The predicted octanol–water partition coefficient (Wildman–Crippen LogP) is 13.9. The highest BCUT2D eigenvalue weighted by Gasteiger charge is 2.58. The van der Waals surface area contributed by atoms with Crippen LogP contribution in [0, 0.1) is 5.92 Å². The Kier molecular flexibility index (Phi) is 8.08. The first-order chi connectivity index (χ1) is 30.7. The summed E-state index contributed by atoms with van der Waals surface area (Å²) in [6.45, 7) is 2.29. The zero-order valence-electron chi connectivity index (χ0n) is 34.5. The number of hydrogen-bond acceptors (Lipinski definition) is 5. The van der Waals surface area contributed by atoms with Crippen molar-refractivity contribution >= 4 is 16.9 Å². The van der Waals surface area contributed by atoms with E-state index in [-0.39, 0.29) is 23.9 Å². The van der Waals surface area contributed by atoms with Gasteiger partial charge in [0.15, 0.2) is 11.6 Å². The Balaban J connectivity index is 1.07. The zero-order valence-corrected chi connectivity index (χ0v) is 35.3. The normalized spacial score (nSPS) is 24.4. The van der Waals surface area contributed by atoms with Crippen LogP contribution < -0.4 is 4.74 Å². The van der Waals surface area contributed by atoms with E-state index in [4.69, 9.17) is 19.7 Å². The third-order valence-corrected chi connectivity index (χ3v) is 15.4. The molecule has 6 aliphatic carbocycles. The Morgan fingerprint density at radius 3 is 2.31 bits per heavy atom. The molecule has 1 aliphatic heterocycles. The van der Waals surface area contributed by atoms with Crippen LogP contribution in [0.3, 0.4) is 0 Å². The predicted molar refractivity (Wildman–Crippen MR) is 252 cm³/mol. The Morgan fingerprint density at radius 2 is 1.45 bits per heavy atom. The molecule has 0 amide bonds. The smallest absolute Gasteiger partial charge is 0.164 e. The van der Waals surface area contributed by atoms with Gasteiger partial charge in [-0.2, -0.15) is 0 Å². The van der Waals surface area contributed by atoms with Crippen molar-refractivity contribution in [1.29, 1.82) is 0 Å². The quantitative estimate of drug-likeness (QED) is 0.174. The van der Waals surface area contributed by atoms with Crippen molar-refractivity contribution < 1.29 is 4.74 Å². The fraction of sp³-hybridized carbons (Fsp3) is 0.175. The van der Waals surface area contributed by atoms with E-state index in [2.05, 4.69) is 177 Å². The SMILES string of the molecule is CC1CC=CC=C1c1nc(-c2cccc3c2C2C=CC=CC2O3)nc(C2CC=CC3=C2C2=CCCC=C2C32c3ccccc3-c3c(-c4ccccc4)sc(-c4ccccc4)c32)n1. The van der Waals surface area contributed by atoms with Crippen LogP contribution in [-0.4, -0.2) is 21.1 Å². The molecule has 1 spiro atoms. The molecule has 13 rings (SSSR count). The highest BCUT2D eigenvalue weighted by atomic mass is 32.1. The van der Waals surface area contributed by atoms with Gasteiger partial charge in [0, 0.05) is 43.9 Å². The van der Waals surface area contributed by atoms with Crippen molar-refractivity contribution in [3.63, 3.8) is 0 Å². The summed E-state index contributed by atoms with van der Waals surface area (Å²) in [7, 11) is 0. The van der Waals surface area contributed by atoms with Gasteiger partial charge in [0.1, 0.15) is 17.7 Å². The molecule has 5 heteroatoms. The molecule has 0 fully saturated rings. The topological polar surface area (TPSA) is 47.9 Å². The van der Waals surface area contributed by atoms with Crippen molar-refractivity contribution in [2.45, 2.75) is 56.0 Å². The molecule has 6 aromatic rings. The lowest BCUT2D eigenvalue weighted by Gasteiger charge is -2.34. The molecule has 0 N–H and O–H groups in total. The molecule has 2 aromatic heterocycles. The number of aromatic nitrogens is 3. The molecule has 0 bridgehead atoms. The number of benzene rings is 4. The van der Waals surface area contributed by atoms with Crippen molar-refractivity contribution in [2.75, 3.05) is 0 Å². The van der Waals surface area contributed by atoms with Gasteiger partial charge in [-0.1, -0.05) is 165 Å². The highest BCUT2D eigenvalue weighted by molar-refractivity contribution is 7.19. The van der Waals surface area contributed by atoms with Crippen molar-refractivity contribution in [3.8, 4) is 49.1 Å². The number of rotatable bonds is 5. The first kappa shape index (κ1) is 36.0. The number of ether oxygens (including phenoxy) is 1. The van der Waals surface area contributed by atoms with Crippen molar-refractivity contribution in [1.82, 2.24) is 15.0 Å². The average molecular weight is 818 g/mol. The minimum Gasteiger partial charge on any atom is -0.485 e. The fourth-order valence-electron chi connectivity index (χ4n) is 11.5. The molecule has 62 heavy (non-hydrogen) atoms. The van der Waals surface area contributed by atoms with Gasteiger partial charge >= 0.3 is 0 Å². The summed E-state index contributed by atoms with van der Waals surface area (Å²) >= 11 is 1.95. The number of allylic oxidation sites excluding steroid dienone is 14. The molecule has 5 atom stereocenters. The third kappa shape index (κ3) is 5.09. The van der Waals surface area contributed by atoms with Gasteiger partial charge in [0.25, 0.3) is 0 Å². The van der Waals surface area contributed by atoms with Gasteiger partial charge in [0.05, 0.1) is 5.41 Å². The van der Waals surface area contributed by atoms with E-state index in [1.165, 1.54) is 65.4 Å². The highest BCUT2D eigenvalue weighted by Crippen LogP contribution is 2.70. The molecular formula is C57H43N3OS. The summed E-state index contributed by atoms with van der Waals surface area (Å²) in [6, 6.07) is 37.7. The maximum Gasteiger partial charge on any atom is 0.164 e. The van der Waals surface area contributed by atoms with E-state index in [0.29, 0.717) is 0 Å². The summed E-state index contributed by atoms with van der Waals surface area (Å²) in [6.07, 6.45) is 29.0. The minimum atomic E-state index is -0.491. The summed E-state index contributed by atoms with van der Waals surface area (Å²) in [4.78, 5) is 19.2. The van der Waals surface area contributed by atoms with E-state index >= 15 is 0 Å². The standard InChI is InChI=1S/C57H43N3OS/c1-34-18-8-9-23-37(34)54-58-55(60-56(59-54)42-28-17-33-47-49(42)40-26-12-15-32-46(40)61-47)41-27-16-31-45-48(41)38-24-10-13-29-43(38)57(45)44-30-14-11-25-39(44)50-51(57)53(36-21-6-3-7-22-36)62-52(50)35-19-4-2-5-20-35/h2-9,11-12,14-17,19-26,28-34,40-41,46H,10,13,18,27H2,1H3. The Morgan fingerprint density at radius 1 is 0.694 bits per heavy atom. The molecular weight excluding hydrogens is 775 g/mol. The third-order valence-electron chi connectivity index (χ3n) is 14.1. The second-order valence-electron chi connectivity index (χ2n) is 17.5. The number of nitrogens with zero attached hydrogens (tertiary/aromatic N) is 3. The van der Waals surface area contributed by atoms with Crippen LogP contribution in [0.15, 0.2) is 192 Å². The first-order valence-electron chi connectivity index (χ1n) is 22.2. The maximum atomic E-state index is 6.52. The number of hydrogen-bond donors (Lipinski definition) is 0. The van der Waals surface area contributed by atoms with Gasteiger partial charge in [-0.15, -0.1) is 11.3 Å².